The number of thioether (sulfide) groups is 1. The number of nitrogens with zero attached hydrogens (tertiary/aromatic N) is 2. The number of benzene rings is 1. The maximum Gasteiger partial charge on any atom is 0.341 e. The molecule has 0 fully saturated rings. The van der Waals surface area contributed by atoms with Gasteiger partial charge in [-0.3, -0.25) is 10.4 Å². The van der Waals surface area contributed by atoms with E-state index in [-0.39, 0.29) is 11.7 Å². The van der Waals surface area contributed by atoms with Crippen molar-refractivity contribution < 1.29 is 13.6 Å². The first-order chi connectivity index (χ1) is 12.7. The van der Waals surface area contributed by atoms with Gasteiger partial charge in [-0.05, 0) is 36.4 Å². The number of amidine groups is 1. The molecule has 1 atom stereocenters. The number of aliphatic imine (C=N–C) groups is 1. The van der Waals surface area contributed by atoms with Crippen LogP contribution in [0.1, 0.15) is 17.4 Å². The molecule has 0 saturated carbocycles. The Morgan fingerprint density at radius 1 is 1.38 bits per heavy atom. The number of rotatable bonds is 4. The fourth-order valence-corrected chi connectivity index (χ4v) is 3.48. The Balaban J connectivity index is 1.56. The smallest absolute Gasteiger partial charge is 0.341 e. The predicted molar refractivity (Wildman–Crippen MR) is 101 cm³/mol. The van der Waals surface area contributed by atoms with Crippen LogP contribution >= 0.6 is 11.8 Å². The van der Waals surface area contributed by atoms with Gasteiger partial charge in [0, 0.05) is 11.1 Å². The topological polar surface area (TPSA) is 89.3 Å². The summed E-state index contributed by atoms with van der Waals surface area (Å²) in [5.41, 5.74) is 3.53. The van der Waals surface area contributed by atoms with E-state index < -0.39 is 0 Å². The van der Waals surface area contributed by atoms with Crippen molar-refractivity contribution in [3.05, 3.63) is 64.4 Å². The highest BCUT2D eigenvalue weighted by molar-refractivity contribution is 8.14. The lowest BCUT2D eigenvalue weighted by atomic mass is 10.1. The lowest BCUT2D eigenvalue weighted by Gasteiger charge is -2.06. The minimum Gasteiger partial charge on any atom is -0.497 e. The molecule has 0 saturated heterocycles. The molecule has 3 aromatic rings. The maximum atomic E-state index is 12.3. The van der Waals surface area contributed by atoms with Crippen molar-refractivity contribution in [3.63, 3.8) is 0 Å². The van der Waals surface area contributed by atoms with Crippen LogP contribution in [0.5, 0.6) is 5.75 Å². The van der Waals surface area contributed by atoms with E-state index in [0.717, 1.165) is 5.39 Å². The van der Waals surface area contributed by atoms with Crippen molar-refractivity contribution in [2.24, 2.45) is 10.1 Å². The number of methoxy groups -OCH3 is 1. The molecular weight excluding hydrogens is 354 g/mol. The Hall–Kier alpha value is -3.00. The van der Waals surface area contributed by atoms with Crippen molar-refractivity contribution >= 4 is 34.1 Å². The van der Waals surface area contributed by atoms with Gasteiger partial charge in [-0.15, -0.1) is 0 Å². The van der Waals surface area contributed by atoms with Crippen LogP contribution in [0.3, 0.4) is 0 Å². The van der Waals surface area contributed by atoms with Gasteiger partial charge in [0.15, 0.2) is 5.17 Å². The molecular formula is C18H15N3O4S. The molecule has 0 spiro atoms. The molecule has 2 aromatic heterocycles. The third-order valence-corrected chi connectivity index (χ3v) is 4.82. The van der Waals surface area contributed by atoms with E-state index in [4.69, 9.17) is 13.6 Å². The number of hydrogen-bond acceptors (Lipinski definition) is 8. The van der Waals surface area contributed by atoms with E-state index in [1.165, 1.54) is 11.8 Å². The number of furan rings is 1. The number of nitrogens with one attached hydrogen (secondary N) is 1. The van der Waals surface area contributed by atoms with Gasteiger partial charge in [-0.2, -0.15) is 5.10 Å². The minimum absolute atomic E-state index is 0.284. The minimum atomic E-state index is -0.377. The second kappa shape index (κ2) is 7.09. The second-order valence-corrected chi connectivity index (χ2v) is 6.55. The predicted octanol–water partition coefficient (Wildman–Crippen LogP) is 3.16. The number of ether oxygens (including phenoxy) is 1. The zero-order chi connectivity index (χ0) is 17.9. The molecule has 26 heavy (non-hydrogen) atoms. The molecule has 7 nitrogen and oxygen atoms in total. The van der Waals surface area contributed by atoms with Gasteiger partial charge in [0.1, 0.15) is 17.1 Å². The van der Waals surface area contributed by atoms with Gasteiger partial charge < -0.3 is 13.6 Å². The van der Waals surface area contributed by atoms with E-state index >= 15 is 0 Å². The molecule has 0 amide bonds. The lowest BCUT2D eigenvalue weighted by Crippen LogP contribution is -2.12. The SMILES string of the molecule is COc1ccc2oc(=O)c(C3CSC(N/N=C/c4ccco4)=N3)cc2c1. The van der Waals surface area contributed by atoms with Gasteiger partial charge in [0.05, 0.1) is 31.2 Å². The fraction of sp³-hybridized carbons (Fsp3) is 0.167. The summed E-state index contributed by atoms with van der Waals surface area (Å²) in [4.78, 5) is 16.8. The quantitative estimate of drug-likeness (QED) is 0.432. The molecule has 0 radical (unpaired) electrons. The van der Waals surface area contributed by atoms with Crippen LogP contribution in [-0.4, -0.2) is 24.2 Å². The van der Waals surface area contributed by atoms with E-state index in [1.54, 1.807) is 43.9 Å². The standard InChI is InChI=1S/C18H15N3O4S/c1-23-12-4-5-16-11(7-12)8-14(17(22)25-16)15-10-26-18(20-15)21-19-9-13-3-2-6-24-13/h2-9,15H,10H2,1H3,(H,20,21)/b19-9+. The summed E-state index contributed by atoms with van der Waals surface area (Å²) in [7, 11) is 1.60. The van der Waals surface area contributed by atoms with Gasteiger partial charge in [0.2, 0.25) is 0 Å². The summed E-state index contributed by atoms with van der Waals surface area (Å²) in [5.74, 6) is 1.98. The molecule has 1 aromatic carbocycles. The van der Waals surface area contributed by atoms with Gasteiger partial charge in [-0.25, -0.2) is 4.79 Å². The first-order valence-corrected chi connectivity index (χ1v) is 8.86. The van der Waals surface area contributed by atoms with Crippen molar-refractivity contribution in [1.29, 1.82) is 0 Å². The van der Waals surface area contributed by atoms with Crippen LogP contribution in [0.2, 0.25) is 0 Å². The maximum absolute atomic E-state index is 12.3. The first-order valence-electron chi connectivity index (χ1n) is 7.88. The summed E-state index contributed by atoms with van der Waals surface area (Å²) in [6.45, 7) is 0. The number of hydrazone groups is 1. The lowest BCUT2D eigenvalue weighted by molar-refractivity contribution is 0.415. The highest BCUT2D eigenvalue weighted by atomic mass is 32.2. The summed E-state index contributed by atoms with van der Waals surface area (Å²) in [6.07, 6.45) is 3.14. The summed E-state index contributed by atoms with van der Waals surface area (Å²) in [5, 5.41) is 5.52. The normalized spacial score (nSPS) is 17.0. The van der Waals surface area contributed by atoms with Crippen LogP contribution in [-0.2, 0) is 0 Å². The molecule has 1 aliphatic rings. The molecule has 3 heterocycles. The van der Waals surface area contributed by atoms with Crippen LogP contribution in [0.15, 0.2) is 66.4 Å². The Morgan fingerprint density at radius 3 is 3.12 bits per heavy atom. The molecule has 8 heteroatoms. The fourth-order valence-electron chi connectivity index (χ4n) is 2.59. The van der Waals surface area contributed by atoms with Crippen molar-refractivity contribution in [3.8, 4) is 5.75 Å². The van der Waals surface area contributed by atoms with Crippen LogP contribution < -0.4 is 15.8 Å². The van der Waals surface area contributed by atoms with Crippen molar-refractivity contribution in [2.75, 3.05) is 12.9 Å². The summed E-state index contributed by atoms with van der Waals surface area (Å²) < 4.78 is 15.8. The molecule has 0 aliphatic carbocycles. The van der Waals surface area contributed by atoms with Gasteiger partial charge >= 0.3 is 5.63 Å². The Morgan fingerprint density at radius 2 is 2.31 bits per heavy atom. The van der Waals surface area contributed by atoms with E-state index in [1.807, 2.05) is 12.1 Å². The van der Waals surface area contributed by atoms with Crippen LogP contribution in [0.25, 0.3) is 11.0 Å². The summed E-state index contributed by atoms with van der Waals surface area (Å²) in [6, 6.07) is 10.4. The van der Waals surface area contributed by atoms with Gasteiger partial charge in [-0.1, -0.05) is 11.8 Å². The van der Waals surface area contributed by atoms with E-state index in [9.17, 15) is 4.79 Å². The summed E-state index contributed by atoms with van der Waals surface area (Å²) >= 11 is 1.49. The molecule has 4 rings (SSSR count). The Kier molecular flexibility index (Phi) is 4.49. The van der Waals surface area contributed by atoms with Gasteiger partial charge in [0.25, 0.3) is 0 Å². The first kappa shape index (κ1) is 16.5. The molecule has 1 unspecified atom stereocenters. The molecule has 1 aliphatic heterocycles. The van der Waals surface area contributed by atoms with Crippen LogP contribution in [0.4, 0.5) is 0 Å². The van der Waals surface area contributed by atoms with E-state index in [2.05, 4.69) is 15.5 Å². The average molecular weight is 369 g/mol. The third-order valence-electron chi connectivity index (χ3n) is 3.87. The van der Waals surface area contributed by atoms with Crippen molar-refractivity contribution in [1.82, 2.24) is 5.43 Å². The second-order valence-electron chi connectivity index (χ2n) is 5.54. The molecule has 0 bridgehead atoms. The molecule has 132 valence electrons. The zero-order valence-electron chi connectivity index (χ0n) is 13.8. The Bertz CT molecular complexity index is 1040. The Labute approximate surface area is 152 Å². The molecule has 1 N–H and O–H groups in total. The highest BCUT2D eigenvalue weighted by Crippen LogP contribution is 2.30. The van der Waals surface area contributed by atoms with E-state index in [0.29, 0.717) is 33.6 Å². The average Bonchev–Trinajstić information content (AvgIpc) is 3.33. The third kappa shape index (κ3) is 3.36. The number of hydrogen-bond donors (Lipinski definition) is 1. The number of fused-ring (bicyclic) bond motifs is 1. The zero-order valence-corrected chi connectivity index (χ0v) is 14.7. The monoisotopic (exact) mass is 369 g/mol. The highest BCUT2D eigenvalue weighted by Gasteiger charge is 2.23. The van der Waals surface area contributed by atoms with Crippen LogP contribution in [0, 0.1) is 0 Å². The largest absolute Gasteiger partial charge is 0.497 e. The van der Waals surface area contributed by atoms with Crippen molar-refractivity contribution in [2.45, 2.75) is 6.04 Å².